The molecule has 0 unspecified atom stereocenters. The van der Waals surface area contributed by atoms with Gasteiger partial charge >= 0.3 is 0 Å². The zero-order valence-electron chi connectivity index (χ0n) is 7.89. The second-order valence-corrected chi connectivity index (χ2v) is 3.84. The Morgan fingerprint density at radius 2 is 2.27 bits per heavy atom. The minimum Gasteiger partial charge on any atom is -0.347 e. The van der Waals surface area contributed by atoms with Gasteiger partial charge in [0.1, 0.15) is 0 Å². The summed E-state index contributed by atoms with van der Waals surface area (Å²) in [7, 11) is 0. The summed E-state index contributed by atoms with van der Waals surface area (Å²) in [5.41, 5.74) is -0.00519. The van der Waals surface area contributed by atoms with Crippen LogP contribution in [0, 0.1) is 5.82 Å². The highest BCUT2D eigenvalue weighted by Gasteiger charge is 2.21. The lowest BCUT2D eigenvalue weighted by atomic mass is 10.1. The van der Waals surface area contributed by atoms with Gasteiger partial charge in [0, 0.05) is 13.1 Å². The van der Waals surface area contributed by atoms with Crippen molar-refractivity contribution in [2.75, 3.05) is 13.1 Å². The maximum absolute atomic E-state index is 13.4. The lowest BCUT2D eigenvalue weighted by Gasteiger charge is -2.27. The molecule has 2 rings (SSSR count). The molecular weight excluding hydrogens is 219 g/mol. The van der Waals surface area contributed by atoms with E-state index in [0.29, 0.717) is 0 Å². The van der Waals surface area contributed by atoms with E-state index in [2.05, 4.69) is 10.6 Å². The number of benzene rings is 1. The van der Waals surface area contributed by atoms with Crippen LogP contribution in [-0.2, 0) is 0 Å². The van der Waals surface area contributed by atoms with Crippen molar-refractivity contribution in [3.05, 3.63) is 34.6 Å². The van der Waals surface area contributed by atoms with Gasteiger partial charge in [-0.25, -0.2) is 4.39 Å². The van der Waals surface area contributed by atoms with E-state index in [4.69, 9.17) is 11.6 Å². The topological polar surface area (TPSA) is 41.1 Å². The summed E-state index contributed by atoms with van der Waals surface area (Å²) in [6.07, 6.45) is 0. The highest BCUT2D eigenvalue weighted by molar-refractivity contribution is 6.31. The fraction of sp³-hybridized carbons (Fsp3) is 0.300. The van der Waals surface area contributed by atoms with E-state index in [-0.39, 0.29) is 16.6 Å². The first-order valence-electron chi connectivity index (χ1n) is 4.64. The lowest BCUT2D eigenvalue weighted by Crippen LogP contribution is -2.57. The van der Waals surface area contributed by atoms with Crippen molar-refractivity contribution in [3.8, 4) is 0 Å². The summed E-state index contributed by atoms with van der Waals surface area (Å²) >= 11 is 5.57. The van der Waals surface area contributed by atoms with Crippen molar-refractivity contribution >= 4 is 17.5 Å². The molecule has 0 saturated carbocycles. The van der Waals surface area contributed by atoms with Gasteiger partial charge in [0.05, 0.1) is 16.6 Å². The Kier molecular flexibility index (Phi) is 2.88. The fourth-order valence-electron chi connectivity index (χ4n) is 1.33. The number of nitrogens with one attached hydrogen (secondary N) is 2. The molecule has 0 radical (unpaired) electrons. The van der Waals surface area contributed by atoms with Crippen molar-refractivity contribution in [2.24, 2.45) is 0 Å². The number of amides is 1. The van der Waals surface area contributed by atoms with Crippen molar-refractivity contribution in [3.63, 3.8) is 0 Å². The van der Waals surface area contributed by atoms with E-state index < -0.39 is 11.7 Å². The molecular formula is C10H10ClFN2O. The Morgan fingerprint density at radius 3 is 2.87 bits per heavy atom. The molecule has 1 aliphatic heterocycles. The van der Waals surface area contributed by atoms with Gasteiger partial charge in [-0.3, -0.25) is 4.79 Å². The van der Waals surface area contributed by atoms with Gasteiger partial charge in [-0.05, 0) is 12.1 Å². The molecule has 3 nitrogen and oxygen atoms in total. The Labute approximate surface area is 91.6 Å². The average Bonchev–Trinajstić information content (AvgIpc) is 2.15. The summed E-state index contributed by atoms with van der Waals surface area (Å²) in [5.74, 6) is -1.08. The molecule has 0 bridgehead atoms. The number of hydrogen-bond donors (Lipinski definition) is 2. The van der Waals surface area contributed by atoms with Crippen LogP contribution in [0.15, 0.2) is 18.2 Å². The number of rotatable bonds is 2. The molecule has 1 fully saturated rings. The van der Waals surface area contributed by atoms with Gasteiger partial charge in [0.2, 0.25) is 0 Å². The maximum Gasteiger partial charge on any atom is 0.254 e. The second kappa shape index (κ2) is 4.16. The number of carbonyl (C=O) groups is 1. The number of halogens is 2. The summed E-state index contributed by atoms with van der Waals surface area (Å²) in [5, 5.41) is 5.68. The standard InChI is InChI=1S/C10H10ClFN2O/c11-8-3-1-2-7(9(8)12)10(15)14-6-4-13-5-6/h1-3,6,13H,4-5H2,(H,14,15). The number of carbonyl (C=O) groups excluding carboxylic acids is 1. The zero-order chi connectivity index (χ0) is 10.8. The first-order chi connectivity index (χ1) is 7.18. The van der Waals surface area contributed by atoms with Crippen LogP contribution in [0.3, 0.4) is 0 Å². The maximum atomic E-state index is 13.4. The van der Waals surface area contributed by atoms with E-state index in [0.717, 1.165) is 13.1 Å². The van der Waals surface area contributed by atoms with E-state index in [9.17, 15) is 9.18 Å². The largest absolute Gasteiger partial charge is 0.347 e. The Bertz CT molecular complexity index is 393. The van der Waals surface area contributed by atoms with Crippen LogP contribution in [0.2, 0.25) is 5.02 Å². The molecule has 0 atom stereocenters. The van der Waals surface area contributed by atoms with E-state index in [1.54, 1.807) is 6.07 Å². The molecule has 1 aromatic carbocycles. The highest BCUT2D eigenvalue weighted by atomic mass is 35.5. The second-order valence-electron chi connectivity index (χ2n) is 3.43. The Hall–Kier alpha value is -1.13. The molecule has 0 spiro atoms. The van der Waals surface area contributed by atoms with Crippen molar-refractivity contribution in [1.29, 1.82) is 0 Å². The molecule has 0 aliphatic carbocycles. The minimum atomic E-state index is -0.663. The molecule has 0 aromatic heterocycles. The Balaban J connectivity index is 2.13. The van der Waals surface area contributed by atoms with Crippen LogP contribution < -0.4 is 10.6 Å². The van der Waals surface area contributed by atoms with Crippen molar-refractivity contribution in [2.45, 2.75) is 6.04 Å². The third-order valence-corrected chi connectivity index (χ3v) is 2.60. The molecule has 1 amide bonds. The molecule has 1 saturated heterocycles. The number of hydrogen-bond acceptors (Lipinski definition) is 2. The van der Waals surface area contributed by atoms with Crippen LogP contribution >= 0.6 is 11.6 Å². The SMILES string of the molecule is O=C(NC1CNC1)c1cccc(Cl)c1F. The van der Waals surface area contributed by atoms with Crippen molar-refractivity contribution < 1.29 is 9.18 Å². The molecule has 2 N–H and O–H groups in total. The van der Waals surface area contributed by atoms with Crippen LogP contribution in [-0.4, -0.2) is 25.0 Å². The van der Waals surface area contributed by atoms with Gasteiger partial charge in [-0.15, -0.1) is 0 Å². The van der Waals surface area contributed by atoms with E-state index in [1.165, 1.54) is 12.1 Å². The summed E-state index contributed by atoms with van der Waals surface area (Å²) in [6, 6.07) is 4.48. The first kappa shape index (κ1) is 10.4. The van der Waals surface area contributed by atoms with Crippen molar-refractivity contribution in [1.82, 2.24) is 10.6 Å². The monoisotopic (exact) mass is 228 g/mol. The molecule has 1 aliphatic rings. The third kappa shape index (κ3) is 2.11. The van der Waals surface area contributed by atoms with E-state index in [1.807, 2.05) is 0 Å². The summed E-state index contributed by atoms with van der Waals surface area (Å²) < 4.78 is 13.4. The zero-order valence-corrected chi connectivity index (χ0v) is 8.64. The summed E-state index contributed by atoms with van der Waals surface area (Å²) in [6.45, 7) is 1.46. The van der Waals surface area contributed by atoms with Crippen LogP contribution in [0.5, 0.6) is 0 Å². The van der Waals surface area contributed by atoms with Gasteiger partial charge in [-0.2, -0.15) is 0 Å². The van der Waals surface area contributed by atoms with Gasteiger partial charge in [-0.1, -0.05) is 17.7 Å². The average molecular weight is 229 g/mol. The smallest absolute Gasteiger partial charge is 0.254 e. The van der Waals surface area contributed by atoms with Crippen LogP contribution in [0.1, 0.15) is 10.4 Å². The van der Waals surface area contributed by atoms with E-state index >= 15 is 0 Å². The quantitative estimate of drug-likeness (QED) is 0.798. The predicted octanol–water partition coefficient (Wildman–Crippen LogP) is 1.18. The fourth-order valence-corrected chi connectivity index (χ4v) is 1.51. The molecule has 80 valence electrons. The molecule has 1 aromatic rings. The predicted molar refractivity (Wildman–Crippen MR) is 55.5 cm³/mol. The van der Waals surface area contributed by atoms with Gasteiger partial charge in [0.25, 0.3) is 5.91 Å². The lowest BCUT2D eigenvalue weighted by molar-refractivity contribution is 0.0920. The molecule has 15 heavy (non-hydrogen) atoms. The van der Waals surface area contributed by atoms with Gasteiger partial charge < -0.3 is 10.6 Å². The third-order valence-electron chi connectivity index (χ3n) is 2.31. The summed E-state index contributed by atoms with van der Waals surface area (Å²) in [4.78, 5) is 11.6. The molecule has 1 heterocycles. The van der Waals surface area contributed by atoms with Crippen LogP contribution in [0.4, 0.5) is 4.39 Å². The van der Waals surface area contributed by atoms with Crippen LogP contribution in [0.25, 0.3) is 0 Å². The minimum absolute atomic E-state index is 0.00519. The normalized spacial score (nSPS) is 15.9. The Morgan fingerprint density at radius 1 is 1.53 bits per heavy atom. The first-order valence-corrected chi connectivity index (χ1v) is 5.02. The van der Waals surface area contributed by atoms with Gasteiger partial charge in [0.15, 0.2) is 5.82 Å². The highest BCUT2D eigenvalue weighted by Crippen LogP contribution is 2.17. The molecule has 5 heteroatoms.